The molecule has 1 aliphatic rings. The number of carbonyl (C=O) groups is 2. The van der Waals surface area contributed by atoms with Crippen LogP contribution in [-0.2, 0) is 4.79 Å². The number of hydrogen-bond donors (Lipinski definition) is 1. The minimum atomic E-state index is -0.447. The molecule has 1 aliphatic heterocycles. The number of likely N-dealkylation sites (tertiary alicyclic amines) is 1. The lowest BCUT2D eigenvalue weighted by Crippen LogP contribution is -2.42. The molecule has 0 atom stereocenters. The summed E-state index contributed by atoms with van der Waals surface area (Å²) in [5.74, 6) is -0.0147. The van der Waals surface area contributed by atoms with Gasteiger partial charge < -0.3 is 10.2 Å². The maximum Gasteiger partial charge on any atom is 0.253 e. The highest BCUT2D eigenvalue weighted by Crippen LogP contribution is 2.19. The van der Waals surface area contributed by atoms with E-state index in [4.69, 9.17) is 0 Å². The molecule has 2 amide bonds. The van der Waals surface area contributed by atoms with E-state index in [0.29, 0.717) is 11.3 Å². The summed E-state index contributed by atoms with van der Waals surface area (Å²) < 4.78 is 0. The van der Waals surface area contributed by atoms with Gasteiger partial charge in [-0.3, -0.25) is 9.59 Å². The fourth-order valence-electron chi connectivity index (χ4n) is 1.75. The van der Waals surface area contributed by atoms with E-state index < -0.39 is 5.41 Å². The summed E-state index contributed by atoms with van der Waals surface area (Å²) in [7, 11) is 0. The maximum absolute atomic E-state index is 12.1. The predicted molar refractivity (Wildman–Crippen MR) is 75.0 cm³/mol. The average Bonchev–Trinajstić information content (AvgIpc) is 2.25. The second-order valence-electron chi connectivity index (χ2n) is 5.93. The molecule has 102 valence electrons. The summed E-state index contributed by atoms with van der Waals surface area (Å²) in [4.78, 5) is 25.8. The monoisotopic (exact) mass is 260 g/mol. The first kappa shape index (κ1) is 13.6. The van der Waals surface area contributed by atoms with Crippen LogP contribution in [0.25, 0.3) is 0 Å². The van der Waals surface area contributed by atoms with Gasteiger partial charge in [-0.2, -0.15) is 0 Å². The molecule has 1 aromatic carbocycles. The van der Waals surface area contributed by atoms with Crippen LogP contribution in [0.4, 0.5) is 5.69 Å². The van der Waals surface area contributed by atoms with Gasteiger partial charge >= 0.3 is 0 Å². The van der Waals surface area contributed by atoms with Crippen molar-refractivity contribution in [3.8, 4) is 0 Å². The van der Waals surface area contributed by atoms with Crippen LogP contribution < -0.4 is 5.32 Å². The number of carbonyl (C=O) groups excluding carboxylic acids is 2. The SMILES string of the molecule is CC(C)(C)C(=O)Nc1cccc(C(=O)N2CCC2)c1. The van der Waals surface area contributed by atoms with Gasteiger partial charge in [0.2, 0.25) is 5.91 Å². The summed E-state index contributed by atoms with van der Waals surface area (Å²) in [6.45, 7) is 7.24. The van der Waals surface area contributed by atoms with E-state index in [0.717, 1.165) is 19.5 Å². The van der Waals surface area contributed by atoms with Crippen molar-refractivity contribution < 1.29 is 9.59 Å². The lowest BCUT2D eigenvalue weighted by Gasteiger charge is -2.31. The Morgan fingerprint density at radius 1 is 1.21 bits per heavy atom. The van der Waals surface area contributed by atoms with Crippen molar-refractivity contribution >= 4 is 17.5 Å². The lowest BCUT2D eigenvalue weighted by atomic mass is 9.95. The molecule has 4 heteroatoms. The van der Waals surface area contributed by atoms with Gasteiger partial charge in [0.15, 0.2) is 0 Å². The smallest absolute Gasteiger partial charge is 0.253 e. The summed E-state index contributed by atoms with van der Waals surface area (Å²) in [5, 5.41) is 2.84. The summed E-state index contributed by atoms with van der Waals surface area (Å²) >= 11 is 0. The van der Waals surface area contributed by atoms with Crippen molar-refractivity contribution in [2.24, 2.45) is 5.41 Å². The number of anilines is 1. The summed E-state index contributed by atoms with van der Waals surface area (Å²) in [6, 6.07) is 7.12. The van der Waals surface area contributed by atoms with Gasteiger partial charge in [-0.15, -0.1) is 0 Å². The molecule has 0 aromatic heterocycles. The van der Waals surface area contributed by atoms with Gasteiger partial charge in [0.05, 0.1) is 0 Å². The molecule has 1 heterocycles. The van der Waals surface area contributed by atoms with Gasteiger partial charge in [0.1, 0.15) is 0 Å². The quantitative estimate of drug-likeness (QED) is 0.888. The first-order valence-electron chi connectivity index (χ1n) is 6.59. The predicted octanol–water partition coefficient (Wildman–Crippen LogP) is 2.52. The zero-order valence-corrected chi connectivity index (χ0v) is 11.7. The maximum atomic E-state index is 12.1. The molecule has 19 heavy (non-hydrogen) atoms. The molecule has 2 rings (SSSR count). The highest BCUT2D eigenvalue weighted by Gasteiger charge is 2.23. The van der Waals surface area contributed by atoms with E-state index in [1.165, 1.54) is 0 Å². The van der Waals surface area contributed by atoms with Gasteiger partial charge in [0, 0.05) is 29.8 Å². The Kier molecular flexibility index (Phi) is 3.60. The highest BCUT2D eigenvalue weighted by molar-refractivity contribution is 5.98. The fourth-order valence-corrected chi connectivity index (χ4v) is 1.75. The number of hydrogen-bond acceptors (Lipinski definition) is 2. The van der Waals surface area contributed by atoms with Crippen LogP contribution in [-0.4, -0.2) is 29.8 Å². The van der Waals surface area contributed by atoms with Crippen molar-refractivity contribution in [3.63, 3.8) is 0 Å². The van der Waals surface area contributed by atoms with Crippen molar-refractivity contribution in [3.05, 3.63) is 29.8 Å². The number of nitrogens with zero attached hydrogens (tertiary/aromatic N) is 1. The van der Waals surface area contributed by atoms with Crippen LogP contribution in [0, 0.1) is 5.41 Å². The van der Waals surface area contributed by atoms with E-state index in [2.05, 4.69) is 5.32 Å². The Labute approximate surface area is 113 Å². The molecule has 1 aromatic rings. The van der Waals surface area contributed by atoms with Crippen molar-refractivity contribution in [1.82, 2.24) is 4.90 Å². The van der Waals surface area contributed by atoms with Crippen LogP contribution >= 0.6 is 0 Å². The molecular formula is C15H20N2O2. The zero-order valence-electron chi connectivity index (χ0n) is 11.7. The summed E-state index contributed by atoms with van der Waals surface area (Å²) in [5.41, 5.74) is 0.856. The Morgan fingerprint density at radius 2 is 1.89 bits per heavy atom. The molecule has 0 radical (unpaired) electrons. The van der Waals surface area contributed by atoms with Gasteiger partial charge in [-0.1, -0.05) is 26.8 Å². The second-order valence-corrected chi connectivity index (χ2v) is 5.93. The minimum Gasteiger partial charge on any atom is -0.339 e. The van der Waals surface area contributed by atoms with Crippen LogP contribution in [0.15, 0.2) is 24.3 Å². The van der Waals surface area contributed by atoms with Crippen LogP contribution in [0.2, 0.25) is 0 Å². The third kappa shape index (κ3) is 3.13. The molecule has 1 fully saturated rings. The van der Waals surface area contributed by atoms with Gasteiger partial charge in [-0.05, 0) is 24.6 Å². The molecule has 0 spiro atoms. The van der Waals surface area contributed by atoms with E-state index in [-0.39, 0.29) is 11.8 Å². The normalized spacial score (nSPS) is 14.8. The topological polar surface area (TPSA) is 49.4 Å². The Balaban J connectivity index is 2.11. The third-order valence-corrected chi connectivity index (χ3v) is 3.19. The average molecular weight is 260 g/mol. The van der Waals surface area contributed by atoms with Crippen LogP contribution in [0.1, 0.15) is 37.6 Å². The van der Waals surface area contributed by atoms with Gasteiger partial charge in [0.25, 0.3) is 5.91 Å². The van der Waals surface area contributed by atoms with E-state index in [9.17, 15) is 9.59 Å². The minimum absolute atomic E-state index is 0.0399. The molecule has 0 aliphatic carbocycles. The Bertz CT molecular complexity index is 499. The molecule has 4 nitrogen and oxygen atoms in total. The number of amides is 2. The second kappa shape index (κ2) is 5.03. The third-order valence-electron chi connectivity index (χ3n) is 3.19. The molecule has 0 bridgehead atoms. The lowest BCUT2D eigenvalue weighted by molar-refractivity contribution is -0.123. The first-order chi connectivity index (χ1) is 8.88. The molecule has 1 saturated heterocycles. The molecular weight excluding hydrogens is 240 g/mol. The molecule has 0 unspecified atom stereocenters. The van der Waals surface area contributed by atoms with Crippen molar-refractivity contribution in [2.45, 2.75) is 27.2 Å². The van der Waals surface area contributed by atoms with Crippen LogP contribution in [0.5, 0.6) is 0 Å². The summed E-state index contributed by atoms with van der Waals surface area (Å²) in [6.07, 6.45) is 1.08. The Hall–Kier alpha value is -1.84. The van der Waals surface area contributed by atoms with Crippen LogP contribution in [0.3, 0.4) is 0 Å². The standard InChI is InChI=1S/C15H20N2O2/c1-15(2,3)14(19)16-12-7-4-6-11(10-12)13(18)17-8-5-9-17/h4,6-7,10H,5,8-9H2,1-3H3,(H,16,19). The number of rotatable bonds is 2. The number of nitrogens with one attached hydrogen (secondary N) is 1. The first-order valence-corrected chi connectivity index (χ1v) is 6.59. The zero-order chi connectivity index (χ0) is 14.0. The van der Waals surface area contributed by atoms with Gasteiger partial charge in [-0.25, -0.2) is 0 Å². The van der Waals surface area contributed by atoms with E-state index >= 15 is 0 Å². The van der Waals surface area contributed by atoms with E-state index in [1.807, 2.05) is 25.7 Å². The molecule has 0 saturated carbocycles. The van der Waals surface area contributed by atoms with E-state index in [1.54, 1.807) is 24.3 Å². The molecule has 1 N–H and O–H groups in total. The number of benzene rings is 1. The van der Waals surface area contributed by atoms with Crippen molar-refractivity contribution in [1.29, 1.82) is 0 Å². The Morgan fingerprint density at radius 3 is 2.42 bits per heavy atom. The fraction of sp³-hybridized carbons (Fsp3) is 0.467. The van der Waals surface area contributed by atoms with Crippen molar-refractivity contribution in [2.75, 3.05) is 18.4 Å². The largest absolute Gasteiger partial charge is 0.339 e. The highest BCUT2D eigenvalue weighted by atomic mass is 16.2.